The Balaban J connectivity index is 2.31. The van der Waals surface area contributed by atoms with Crippen LogP contribution >= 0.6 is 0 Å². The molecule has 1 unspecified atom stereocenters. The molecule has 0 heterocycles. The number of hydrogen-bond donors (Lipinski definition) is 3. The number of aromatic hydroxyl groups is 1. The molecule has 2 aromatic carbocycles. The van der Waals surface area contributed by atoms with Gasteiger partial charge in [0.05, 0.1) is 4.90 Å². The summed E-state index contributed by atoms with van der Waals surface area (Å²) in [6, 6.07) is 12.1. The van der Waals surface area contributed by atoms with Crippen molar-refractivity contribution in [2.75, 3.05) is 0 Å². The molecule has 0 saturated carbocycles. The Hall–Kier alpha value is -2.38. The molecule has 24 heavy (non-hydrogen) atoms. The largest absolute Gasteiger partial charge is 0.508 e. The Kier molecular flexibility index (Phi) is 4.96. The van der Waals surface area contributed by atoms with Gasteiger partial charge in [0, 0.05) is 6.42 Å². The molecule has 0 aliphatic rings. The van der Waals surface area contributed by atoms with Crippen molar-refractivity contribution >= 4 is 16.0 Å². The van der Waals surface area contributed by atoms with Crippen molar-refractivity contribution < 1.29 is 23.4 Å². The lowest BCUT2D eigenvalue weighted by molar-refractivity contribution is -0.143. The smallest absolute Gasteiger partial charge is 0.324 e. The Bertz CT molecular complexity index is 828. The highest BCUT2D eigenvalue weighted by molar-refractivity contribution is 7.89. The van der Waals surface area contributed by atoms with Gasteiger partial charge in [0.1, 0.15) is 11.3 Å². The van der Waals surface area contributed by atoms with Crippen molar-refractivity contribution in [1.29, 1.82) is 0 Å². The SMILES string of the molecule is Cc1ccc(S(=O)(=O)NC(C)(Cc2ccc(O)cc2)C(=O)O)cc1. The summed E-state index contributed by atoms with van der Waals surface area (Å²) in [7, 11) is -3.99. The molecule has 0 saturated heterocycles. The monoisotopic (exact) mass is 349 g/mol. The molecular formula is C17H19NO5S. The van der Waals surface area contributed by atoms with Crippen LogP contribution in [0, 0.1) is 6.92 Å². The molecule has 2 rings (SSSR count). The number of hydrogen-bond acceptors (Lipinski definition) is 4. The van der Waals surface area contributed by atoms with E-state index in [4.69, 9.17) is 0 Å². The quantitative estimate of drug-likeness (QED) is 0.741. The predicted octanol–water partition coefficient (Wildman–Crippen LogP) is 2.06. The van der Waals surface area contributed by atoms with Crippen LogP contribution in [0.2, 0.25) is 0 Å². The minimum Gasteiger partial charge on any atom is -0.508 e. The topological polar surface area (TPSA) is 104 Å². The Morgan fingerprint density at radius 3 is 2.12 bits per heavy atom. The Labute approximate surface area is 140 Å². The van der Waals surface area contributed by atoms with E-state index in [0.29, 0.717) is 5.56 Å². The van der Waals surface area contributed by atoms with E-state index in [0.717, 1.165) is 5.56 Å². The van der Waals surface area contributed by atoms with E-state index in [1.54, 1.807) is 24.3 Å². The van der Waals surface area contributed by atoms with Crippen LogP contribution in [-0.2, 0) is 21.2 Å². The predicted molar refractivity (Wildman–Crippen MR) is 89.4 cm³/mol. The third-order valence-electron chi connectivity index (χ3n) is 3.66. The lowest BCUT2D eigenvalue weighted by Crippen LogP contribution is -2.53. The second-order valence-corrected chi connectivity index (χ2v) is 7.58. The van der Waals surface area contributed by atoms with E-state index < -0.39 is 21.5 Å². The van der Waals surface area contributed by atoms with E-state index in [1.165, 1.54) is 31.2 Å². The third kappa shape index (κ3) is 4.12. The second kappa shape index (κ2) is 6.62. The molecule has 0 spiro atoms. The summed E-state index contributed by atoms with van der Waals surface area (Å²) >= 11 is 0. The molecular weight excluding hydrogens is 330 g/mol. The summed E-state index contributed by atoms with van der Waals surface area (Å²) in [5.74, 6) is -1.23. The lowest BCUT2D eigenvalue weighted by Gasteiger charge is -2.26. The van der Waals surface area contributed by atoms with Gasteiger partial charge in [-0.2, -0.15) is 4.72 Å². The number of rotatable bonds is 6. The minimum absolute atomic E-state index is 0.00582. The molecule has 0 radical (unpaired) electrons. The highest BCUT2D eigenvalue weighted by atomic mass is 32.2. The molecule has 128 valence electrons. The highest BCUT2D eigenvalue weighted by Gasteiger charge is 2.38. The van der Waals surface area contributed by atoms with Crippen molar-refractivity contribution in [3.05, 3.63) is 59.7 Å². The lowest BCUT2D eigenvalue weighted by atomic mass is 9.94. The van der Waals surface area contributed by atoms with Gasteiger partial charge in [-0.15, -0.1) is 0 Å². The molecule has 0 bridgehead atoms. The van der Waals surface area contributed by atoms with Crippen molar-refractivity contribution in [3.8, 4) is 5.75 Å². The summed E-state index contributed by atoms with van der Waals surface area (Å²) < 4.78 is 27.3. The maximum absolute atomic E-state index is 12.5. The number of aliphatic carboxylic acids is 1. The first-order chi connectivity index (χ1) is 11.1. The number of nitrogens with one attached hydrogen (secondary N) is 1. The van der Waals surface area contributed by atoms with Gasteiger partial charge in [-0.1, -0.05) is 29.8 Å². The van der Waals surface area contributed by atoms with Gasteiger partial charge in [-0.05, 0) is 43.7 Å². The molecule has 0 fully saturated rings. The Morgan fingerprint density at radius 2 is 1.62 bits per heavy atom. The zero-order valence-electron chi connectivity index (χ0n) is 13.4. The molecule has 6 nitrogen and oxygen atoms in total. The number of phenolic OH excluding ortho intramolecular Hbond substituents is 1. The first-order valence-electron chi connectivity index (χ1n) is 7.24. The van der Waals surface area contributed by atoms with Crippen LogP contribution in [0.25, 0.3) is 0 Å². The average molecular weight is 349 g/mol. The third-order valence-corrected chi connectivity index (χ3v) is 5.27. The van der Waals surface area contributed by atoms with Gasteiger partial charge in [0.15, 0.2) is 0 Å². The molecule has 1 atom stereocenters. The van der Waals surface area contributed by atoms with Crippen LogP contribution in [0.15, 0.2) is 53.4 Å². The summed E-state index contributed by atoms with van der Waals surface area (Å²) in [5.41, 5.74) is -0.232. The number of aryl methyl sites for hydroxylation is 1. The zero-order chi connectivity index (χ0) is 18.0. The molecule has 2 aromatic rings. The first kappa shape index (κ1) is 18.0. The van der Waals surface area contributed by atoms with E-state index in [2.05, 4.69) is 4.72 Å². The number of sulfonamides is 1. The molecule has 0 amide bonds. The number of carboxylic acids is 1. The normalized spacial score (nSPS) is 14.1. The maximum Gasteiger partial charge on any atom is 0.324 e. The van der Waals surface area contributed by atoms with Crippen LogP contribution in [0.4, 0.5) is 0 Å². The van der Waals surface area contributed by atoms with Gasteiger partial charge in [-0.3, -0.25) is 4.79 Å². The van der Waals surface area contributed by atoms with Gasteiger partial charge >= 0.3 is 5.97 Å². The summed E-state index contributed by atoms with van der Waals surface area (Å²) in [4.78, 5) is 11.7. The van der Waals surface area contributed by atoms with Crippen LogP contribution in [0.5, 0.6) is 5.75 Å². The molecule has 0 aliphatic carbocycles. The number of carboxylic acid groups (broad SMARTS) is 1. The van der Waals surface area contributed by atoms with E-state index in [9.17, 15) is 23.4 Å². The number of carbonyl (C=O) groups is 1. The van der Waals surface area contributed by atoms with Crippen molar-refractivity contribution in [3.63, 3.8) is 0 Å². The average Bonchev–Trinajstić information content (AvgIpc) is 2.49. The van der Waals surface area contributed by atoms with Gasteiger partial charge < -0.3 is 10.2 Å². The van der Waals surface area contributed by atoms with Gasteiger partial charge in [-0.25, -0.2) is 8.42 Å². The van der Waals surface area contributed by atoms with Crippen molar-refractivity contribution in [2.45, 2.75) is 30.7 Å². The first-order valence-corrected chi connectivity index (χ1v) is 8.73. The zero-order valence-corrected chi connectivity index (χ0v) is 14.2. The second-order valence-electron chi connectivity index (χ2n) is 5.90. The minimum atomic E-state index is -3.99. The van der Waals surface area contributed by atoms with Crippen molar-refractivity contribution in [1.82, 2.24) is 4.72 Å². The number of benzene rings is 2. The van der Waals surface area contributed by atoms with Crippen LogP contribution in [-0.4, -0.2) is 30.1 Å². The molecule has 0 aromatic heterocycles. The molecule has 0 aliphatic heterocycles. The highest BCUT2D eigenvalue weighted by Crippen LogP contribution is 2.20. The van der Waals surface area contributed by atoms with E-state index in [1.807, 2.05) is 6.92 Å². The van der Waals surface area contributed by atoms with Crippen molar-refractivity contribution in [2.24, 2.45) is 0 Å². The van der Waals surface area contributed by atoms with E-state index in [-0.39, 0.29) is 17.1 Å². The van der Waals surface area contributed by atoms with E-state index >= 15 is 0 Å². The summed E-state index contributed by atoms with van der Waals surface area (Å²) in [5, 5.41) is 18.8. The molecule has 7 heteroatoms. The maximum atomic E-state index is 12.5. The van der Waals surface area contributed by atoms with Crippen LogP contribution in [0.1, 0.15) is 18.1 Å². The van der Waals surface area contributed by atoms with Gasteiger partial charge in [0.25, 0.3) is 0 Å². The fourth-order valence-electron chi connectivity index (χ4n) is 2.25. The van der Waals surface area contributed by atoms with Gasteiger partial charge in [0.2, 0.25) is 10.0 Å². The summed E-state index contributed by atoms with van der Waals surface area (Å²) in [6.07, 6.45) is -0.0618. The Morgan fingerprint density at radius 1 is 1.08 bits per heavy atom. The molecule has 3 N–H and O–H groups in total. The van der Waals surface area contributed by atoms with Crippen LogP contribution in [0.3, 0.4) is 0 Å². The number of phenols is 1. The fourth-order valence-corrected chi connectivity index (χ4v) is 3.62. The summed E-state index contributed by atoms with van der Waals surface area (Å²) in [6.45, 7) is 3.14. The fraction of sp³-hybridized carbons (Fsp3) is 0.235. The standard InChI is InChI=1S/C17H19NO5S/c1-12-3-9-15(10-4-12)24(22,23)18-17(2,16(20)21)11-13-5-7-14(19)8-6-13/h3-10,18-19H,11H2,1-2H3,(H,20,21). The van der Waals surface area contributed by atoms with Crippen LogP contribution < -0.4 is 4.72 Å².